The van der Waals surface area contributed by atoms with Crippen LogP contribution in [0.15, 0.2) is 47.5 Å². The number of aryl methyl sites for hydroxylation is 1. The molecule has 2 aromatic carbocycles. The molecular formula is C24H32N4O3. The molecule has 166 valence electrons. The summed E-state index contributed by atoms with van der Waals surface area (Å²) in [6, 6.07) is 14.3. The number of hydrogen-bond donors (Lipinski definition) is 3. The molecule has 7 heteroatoms. The van der Waals surface area contributed by atoms with Crippen LogP contribution in [0.2, 0.25) is 0 Å². The van der Waals surface area contributed by atoms with Gasteiger partial charge >= 0.3 is 0 Å². The van der Waals surface area contributed by atoms with Crippen molar-refractivity contribution in [3.05, 3.63) is 59.2 Å². The molecule has 7 nitrogen and oxygen atoms in total. The maximum atomic E-state index is 11.8. The average Bonchev–Trinajstić information content (AvgIpc) is 3.59. The number of hydrogen-bond acceptors (Lipinski definition) is 4. The number of methoxy groups -OCH3 is 1. The van der Waals surface area contributed by atoms with E-state index in [0.717, 1.165) is 43.1 Å². The van der Waals surface area contributed by atoms with E-state index in [1.54, 1.807) is 14.2 Å². The minimum Gasteiger partial charge on any atom is -0.496 e. The van der Waals surface area contributed by atoms with E-state index in [4.69, 9.17) is 9.47 Å². The van der Waals surface area contributed by atoms with Gasteiger partial charge in [0.2, 0.25) is 0 Å². The summed E-state index contributed by atoms with van der Waals surface area (Å²) in [4.78, 5) is 16.1. The highest BCUT2D eigenvalue weighted by Crippen LogP contribution is 2.20. The van der Waals surface area contributed by atoms with Gasteiger partial charge in [0.15, 0.2) is 12.6 Å². The monoisotopic (exact) mass is 424 g/mol. The van der Waals surface area contributed by atoms with Gasteiger partial charge in [0, 0.05) is 26.2 Å². The molecule has 0 spiro atoms. The third-order valence-electron chi connectivity index (χ3n) is 5.02. The summed E-state index contributed by atoms with van der Waals surface area (Å²) in [6.07, 6.45) is 2.97. The Kier molecular flexibility index (Phi) is 8.15. The molecular weight excluding hydrogens is 392 g/mol. The van der Waals surface area contributed by atoms with Gasteiger partial charge in [0.25, 0.3) is 5.91 Å². The van der Waals surface area contributed by atoms with Crippen molar-refractivity contribution in [1.29, 1.82) is 0 Å². The number of benzene rings is 2. The van der Waals surface area contributed by atoms with Gasteiger partial charge in [-0.1, -0.05) is 29.8 Å². The summed E-state index contributed by atoms with van der Waals surface area (Å²) in [5, 5.41) is 9.57. The van der Waals surface area contributed by atoms with Gasteiger partial charge in [-0.05, 0) is 55.5 Å². The van der Waals surface area contributed by atoms with Crippen LogP contribution in [0.1, 0.15) is 29.5 Å². The molecule has 1 aliphatic carbocycles. The van der Waals surface area contributed by atoms with E-state index in [-0.39, 0.29) is 12.5 Å². The lowest BCUT2D eigenvalue weighted by molar-refractivity contribution is -0.123. The van der Waals surface area contributed by atoms with Crippen molar-refractivity contribution in [1.82, 2.24) is 16.0 Å². The predicted octanol–water partition coefficient (Wildman–Crippen LogP) is 2.57. The third kappa shape index (κ3) is 7.51. The number of nitrogens with zero attached hydrogens (tertiary/aromatic N) is 1. The first-order valence-electron chi connectivity index (χ1n) is 10.7. The van der Waals surface area contributed by atoms with E-state index >= 15 is 0 Å². The van der Waals surface area contributed by atoms with E-state index in [9.17, 15) is 4.79 Å². The highest BCUT2D eigenvalue weighted by molar-refractivity contribution is 5.79. The van der Waals surface area contributed by atoms with Crippen molar-refractivity contribution in [3.63, 3.8) is 0 Å². The number of nitrogens with one attached hydrogen (secondary N) is 3. The van der Waals surface area contributed by atoms with Crippen molar-refractivity contribution in [2.24, 2.45) is 4.99 Å². The quantitative estimate of drug-likeness (QED) is 0.403. The summed E-state index contributed by atoms with van der Waals surface area (Å²) in [5.74, 6) is 2.24. The molecule has 1 fully saturated rings. The lowest BCUT2D eigenvalue weighted by Crippen LogP contribution is -2.37. The number of aliphatic imine (C=N–C) groups is 1. The van der Waals surface area contributed by atoms with Gasteiger partial charge in [-0.2, -0.15) is 0 Å². The maximum absolute atomic E-state index is 11.8. The zero-order chi connectivity index (χ0) is 22.1. The van der Waals surface area contributed by atoms with Crippen LogP contribution in [0.3, 0.4) is 0 Å². The molecule has 3 N–H and O–H groups in total. The van der Waals surface area contributed by atoms with Crippen LogP contribution in [0.25, 0.3) is 0 Å². The molecule has 0 unspecified atom stereocenters. The lowest BCUT2D eigenvalue weighted by Gasteiger charge is -2.14. The molecule has 0 bridgehead atoms. The second-order valence-corrected chi connectivity index (χ2v) is 7.70. The molecule has 2 aromatic rings. The molecule has 0 atom stereocenters. The fourth-order valence-corrected chi connectivity index (χ4v) is 3.22. The van der Waals surface area contributed by atoms with Crippen molar-refractivity contribution in [3.8, 4) is 11.5 Å². The van der Waals surface area contributed by atoms with Crippen LogP contribution in [0.4, 0.5) is 0 Å². The third-order valence-corrected chi connectivity index (χ3v) is 5.02. The van der Waals surface area contributed by atoms with E-state index in [1.165, 1.54) is 11.1 Å². The predicted molar refractivity (Wildman–Crippen MR) is 123 cm³/mol. The number of amides is 1. The molecule has 1 amide bonds. The SMILES string of the molecule is CN=C(NCCc1cc(C)ccc1OC)NCc1cccc(OCC(=O)NC2CC2)c1. The van der Waals surface area contributed by atoms with Gasteiger partial charge in [0.05, 0.1) is 7.11 Å². The Morgan fingerprint density at radius 3 is 2.74 bits per heavy atom. The van der Waals surface area contributed by atoms with Crippen LogP contribution in [-0.2, 0) is 17.8 Å². The molecule has 0 aromatic heterocycles. The van der Waals surface area contributed by atoms with Crippen molar-refractivity contribution >= 4 is 11.9 Å². The molecule has 1 aliphatic rings. The number of carbonyl (C=O) groups excluding carboxylic acids is 1. The zero-order valence-corrected chi connectivity index (χ0v) is 18.5. The molecule has 3 rings (SSSR count). The Labute approximate surface area is 184 Å². The highest BCUT2D eigenvalue weighted by Gasteiger charge is 2.23. The first-order valence-corrected chi connectivity index (χ1v) is 10.7. The summed E-state index contributed by atoms with van der Waals surface area (Å²) in [5.41, 5.74) is 3.43. The summed E-state index contributed by atoms with van der Waals surface area (Å²) in [6.45, 7) is 3.45. The summed E-state index contributed by atoms with van der Waals surface area (Å²) >= 11 is 0. The van der Waals surface area contributed by atoms with Gasteiger partial charge < -0.3 is 25.4 Å². The van der Waals surface area contributed by atoms with Crippen LogP contribution < -0.4 is 25.4 Å². The fourth-order valence-electron chi connectivity index (χ4n) is 3.22. The summed E-state index contributed by atoms with van der Waals surface area (Å²) < 4.78 is 11.1. The Bertz CT molecular complexity index is 909. The molecule has 31 heavy (non-hydrogen) atoms. The minimum absolute atomic E-state index is 0.0407. The van der Waals surface area contributed by atoms with E-state index in [1.807, 2.05) is 36.4 Å². The van der Waals surface area contributed by atoms with Gasteiger partial charge in [-0.25, -0.2) is 0 Å². The second-order valence-electron chi connectivity index (χ2n) is 7.70. The minimum atomic E-state index is -0.0686. The van der Waals surface area contributed by atoms with E-state index in [0.29, 0.717) is 18.3 Å². The standard InChI is InChI=1S/C24H32N4O3/c1-17-7-10-22(30-3)19(13-17)11-12-26-24(25-2)27-15-18-5-4-6-21(14-18)31-16-23(29)28-20-8-9-20/h4-7,10,13-14,20H,8-9,11-12,15-16H2,1-3H3,(H,28,29)(H2,25,26,27). The Balaban J connectivity index is 1.43. The van der Waals surface area contributed by atoms with Crippen molar-refractivity contribution in [2.45, 2.75) is 38.8 Å². The van der Waals surface area contributed by atoms with Gasteiger partial charge in [0.1, 0.15) is 11.5 Å². The Morgan fingerprint density at radius 1 is 1.16 bits per heavy atom. The zero-order valence-electron chi connectivity index (χ0n) is 18.5. The van der Waals surface area contributed by atoms with E-state index in [2.05, 4.69) is 33.9 Å². The maximum Gasteiger partial charge on any atom is 0.258 e. The molecule has 0 radical (unpaired) electrons. The Hall–Kier alpha value is -3.22. The number of carbonyl (C=O) groups is 1. The highest BCUT2D eigenvalue weighted by atomic mass is 16.5. The van der Waals surface area contributed by atoms with E-state index < -0.39 is 0 Å². The van der Waals surface area contributed by atoms with Crippen molar-refractivity contribution < 1.29 is 14.3 Å². The molecule has 1 saturated carbocycles. The molecule has 0 heterocycles. The summed E-state index contributed by atoms with van der Waals surface area (Å²) in [7, 11) is 3.44. The van der Waals surface area contributed by atoms with Crippen LogP contribution in [0.5, 0.6) is 11.5 Å². The number of rotatable bonds is 10. The second kappa shape index (κ2) is 11.2. The normalized spacial score (nSPS) is 13.5. The lowest BCUT2D eigenvalue weighted by atomic mass is 10.1. The first kappa shape index (κ1) is 22.5. The van der Waals surface area contributed by atoms with Gasteiger partial charge in [-0.3, -0.25) is 9.79 Å². The first-order chi connectivity index (χ1) is 15.1. The fraction of sp³-hybridized carbons (Fsp3) is 0.417. The molecule has 0 saturated heterocycles. The number of ether oxygens (including phenoxy) is 2. The number of guanidine groups is 1. The molecule has 0 aliphatic heterocycles. The van der Waals surface area contributed by atoms with Crippen molar-refractivity contribution in [2.75, 3.05) is 27.3 Å². The topological polar surface area (TPSA) is 84.0 Å². The van der Waals surface area contributed by atoms with Crippen LogP contribution >= 0.6 is 0 Å². The Morgan fingerprint density at radius 2 is 2.00 bits per heavy atom. The average molecular weight is 425 g/mol. The van der Waals surface area contributed by atoms with Crippen LogP contribution in [0, 0.1) is 6.92 Å². The smallest absolute Gasteiger partial charge is 0.258 e. The van der Waals surface area contributed by atoms with Crippen LogP contribution in [-0.4, -0.2) is 45.2 Å². The largest absolute Gasteiger partial charge is 0.496 e. The van der Waals surface area contributed by atoms with Gasteiger partial charge in [-0.15, -0.1) is 0 Å².